The van der Waals surface area contributed by atoms with Crippen LogP contribution >= 0.6 is 11.3 Å². The van der Waals surface area contributed by atoms with Crippen LogP contribution in [0.2, 0.25) is 0 Å². The minimum Gasteiger partial charge on any atom is -0.394 e. The lowest BCUT2D eigenvalue weighted by Gasteiger charge is -2.28. The van der Waals surface area contributed by atoms with Gasteiger partial charge in [-0.05, 0) is 20.3 Å². The third-order valence-corrected chi connectivity index (χ3v) is 3.61. The maximum atomic E-state index is 9.34. The molecule has 0 saturated heterocycles. The zero-order valence-corrected chi connectivity index (χ0v) is 10.5. The Hall–Kier alpha value is -0.450. The summed E-state index contributed by atoms with van der Waals surface area (Å²) in [5.74, 6) is 0. The van der Waals surface area contributed by atoms with Crippen LogP contribution < -0.4 is 5.32 Å². The fraction of sp³-hybridized carbons (Fsp3) is 0.727. The van der Waals surface area contributed by atoms with Gasteiger partial charge in [-0.2, -0.15) is 0 Å². The summed E-state index contributed by atoms with van der Waals surface area (Å²) in [5, 5.41) is 12.7. The topological polar surface area (TPSA) is 45.1 Å². The van der Waals surface area contributed by atoms with E-state index >= 15 is 0 Å². The molecule has 1 aromatic heterocycles. The van der Waals surface area contributed by atoms with E-state index < -0.39 is 0 Å². The van der Waals surface area contributed by atoms with E-state index in [4.69, 9.17) is 0 Å². The maximum absolute atomic E-state index is 9.34. The molecule has 3 nitrogen and oxygen atoms in total. The van der Waals surface area contributed by atoms with E-state index in [9.17, 15) is 5.11 Å². The molecule has 0 aliphatic carbocycles. The van der Waals surface area contributed by atoms with Crippen molar-refractivity contribution < 1.29 is 5.11 Å². The first-order chi connectivity index (χ1) is 7.11. The molecule has 0 aromatic carbocycles. The van der Waals surface area contributed by atoms with Crippen LogP contribution in [0.3, 0.4) is 0 Å². The lowest BCUT2D eigenvalue weighted by atomic mass is 9.97. The lowest BCUT2D eigenvalue weighted by molar-refractivity contribution is 0.163. The fourth-order valence-electron chi connectivity index (χ4n) is 1.56. The van der Waals surface area contributed by atoms with Crippen LogP contribution in [0.1, 0.15) is 37.3 Å². The van der Waals surface area contributed by atoms with Crippen LogP contribution in [0.4, 0.5) is 0 Å². The Morgan fingerprint density at radius 1 is 1.60 bits per heavy atom. The van der Waals surface area contributed by atoms with E-state index in [-0.39, 0.29) is 12.1 Å². The van der Waals surface area contributed by atoms with Crippen LogP contribution in [-0.4, -0.2) is 22.2 Å². The Kier molecular flexibility index (Phi) is 4.70. The predicted molar refractivity (Wildman–Crippen MR) is 64.1 cm³/mol. The molecule has 0 radical (unpaired) electrons. The molecule has 0 unspecified atom stereocenters. The highest BCUT2D eigenvalue weighted by molar-refractivity contribution is 7.09. The van der Waals surface area contributed by atoms with Gasteiger partial charge in [-0.1, -0.05) is 13.3 Å². The minimum atomic E-state index is -0.162. The number of nitrogens with zero attached hydrogens (tertiary/aromatic N) is 1. The number of aliphatic hydroxyl groups excluding tert-OH is 1. The van der Waals surface area contributed by atoms with Crippen molar-refractivity contribution in [1.82, 2.24) is 10.3 Å². The summed E-state index contributed by atoms with van der Waals surface area (Å²) >= 11 is 1.66. The Morgan fingerprint density at radius 3 is 2.80 bits per heavy atom. The minimum absolute atomic E-state index is 0.162. The predicted octanol–water partition coefficient (Wildman–Crippen LogP) is 2.09. The van der Waals surface area contributed by atoms with Crippen LogP contribution in [0.5, 0.6) is 0 Å². The summed E-state index contributed by atoms with van der Waals surface area (Å²) in [6.07, 6.45) is 2.06. The van der Waals surface area contributed by atoms with Crippen molar-refractivity contribution in [3.05, 3.63) is 16.1 Å². The third kappa shape index (κ3) is 3.55. The number of hydrogen-bond acceptors (Lipinski definition) is 4. The number of hydrogen-bond donors (Lipinski definition) is 2. The molecule has 15 heavy (non-hydrogen) atoms. The summed E-state index contributed by atoms with van der Waals surface area (Å²) in [6.45, 7) is 7.19. The maximum Gasteiger partial charge on any atom is 0.0798 e. The fourth-order valence-corrected chi connectivity index (χ4v) is 2.28. The quantitative estimate of drug-likeness (QED) is 0.783. The van der Waals surface area contributed by atoms with Gasteiger partial charge in [0.1, 0.15) is 0 Å². The molecule has 0 spiro atoms. The van der Waals surface area contributed by atoms with E-state index in [1.54, 1.807) is 11.3 Å². The van der Waals surface area contributed by atoms with E-state index in [2.05, 4.69) is 24.1 Å². The summed E-state index contributed by atoms with van der Waals surface area (Å²) in [5.41, 5.74) is 2.79. The molecule has 0 bridgehead atoms. The number of aryl methyl sites for hydroxylation is 1. The molecule has 0 aliphatic rings. The molecule has 86 valence electrons. The Bertz CT molecular complexity index is 301. The van der Waals surface area contributed by atoms with Crippen molar-refractivity contribution in [3.63, 3.8) is 0 Å². The first-order valence-electron chi connectivity index (χ1n) is 5.36. The molecule has 2 N–H and O–H groups in total. The number of aromatic nitrogens is 1. The van der Waals surface area contributed by atoms with Crippen molar-refractivity contribution in [2.75, 3.05) is 6.61 Å². The van der Waals surface area contributed by atoms with Crippen molar-refractivity contribution >= 4 is 11.3 Å². The standard InChI is InChI=1S/C11H20N2OS/c1-4-5-11(3,7-14)13-6-10-9(2)12-8-15-10/h8,13-14H,4-7H2,1-3H3/t11-/m0/s1. The lowest BCUT2D eigenvalue weighted by Crippen LogP contribution is -2.45. The Balaban J connectivity index is 2.51. The van der Waals surface area contributed by atoms with Gasteiger partial charge in [0, 0.05) is 17.0 Å². The van der Waals surface area contributed by atoms with Gasteiger partial charge < -0.3 is 10.4 Å². The average Bonchev–Trinajstić information content (AvgIpc) is 2.62. The summed E-state index contributed by atoms with van der Waals surface area (Å²) in [4.78, 5) is 5.46. The molecule has 1 heterocycles. The number of nitrogens with one attached hydrogen (secondary N) is 1. The molecular weight excluding hydrogens is 208 g/mol. The van der Waals surface area contributed by atoms with E-state index in [0.717, 1.165) is 25.1 Å². The molecule has 1 aromatic rings. The smallest absolute Gasteiger partial charge is 0.0798 e. The van der Waals surface area contributed by atoms with Crippen molar-refractivity contribution in [3.8, 4) is 0 Å². The SMILES string of the molecule is CCC[C@@](C)(CO)NCc1scnc1C. The van der Waals surface area contributed by atoms with Crippen LogP contribution in [0.15, 0.2) is 5.51 Å². The van der Waals surface area contributed by atoms with E-state index in [1.807, 2.05) is 12.4 Å². The first-order valence-corrected chi connectivity index (χ1v) is 6.24. The van der Waals surface area contributed by atoms with Gasteiger partial charge in [-0.25, -0.2) is 4.98 Å². The molecule has 0 fully saturated rings. The number of thiazole rings is 1. The Morgan fingerprint density at radius 2 is 2.33 bits per heavy atom. The van der Waals surface area contributed by atoms with E-state index in [0.29, 0.717) is 0 Å². The van der Waals surface area contributed by atoms with Crippen molar-refractivity contribution in [1.29, 1.82) is 0 Å². The highest BCUT2D eigenvalue weighted by Gasteiger charge is 2.21. The van der Waals surface area contributed by atoms with Gasteiger partial charge in [0.25, 0.3) is 0 Å². The Labute approximate surface area is 95.6 Å². The second-order valence-corrected chi connectivity index (χ2v) is 5.12. The molecule has 4 heteroatoms. The molecule has 1 rings (SSSR count). The van der Waals surface area contributed by atoms with Crippen molar-refractivity contribution in [2.45, 2.75) is 45.7 Å². The van der Waals surface area contributed by atoms with Gasteiger partial charge in [0.15, 0.2) is 0 Å². The van der Waals surface area contributed by atoms with Crippen molar-refractivity contribution in [2.24, 2.45) is 0 Å². The highest BCUT2D eigenvalue weighted by Crippen LogP contribution is 2.16. The first kappa shape index (κ1) is 12.6. The van der Waals surface area contributed by atoms with Gasteiger partial charge >= 0.3 is 0 Å². The molecule has 0 aliphatic heterocycles. The van der Waals surface area contributed by atoms with Gasteiger partial charge in [0.2, 0.25) is 0 Å². The summed E-state index contributed by atoms with van der Waals surface area (Å²) in [6, 6.07) is 0. The van der Waals surface area contributed by atoms with Gasteiger partial charge in [0.05, 0.1) is 17.8 Å². The second-order valence-electron chi connectivity index (χ2n) is 4.18. The molecule has 0 amide bonds. The average molecular weight is 228 g/mol. The largest absolute Gasteiger partial charge is 0.394 e. The zero-order chi connectivity index (χ0) is 11.3. The normalized spacial score (nSPS) is 15.2. The second kappa shape index (κ2) is 5.58. The van der Waals surface area contributed by atoms with Crippen LogP contribution in [0.25, 0.3) is 0 Å². The summed E-state index contributed by atoms with van der Waals surface area (Å²) in [7, 11) is 0. The number of rotatable bonds is 6. The third-order valence-electron chi connectivity index (χ3n) is 2.67. The summed E-state index contributed by atoms with van der Waals surface area (Å²) < 4.78 is 0. The number of aliphatic hydroxyl groups is 1. The monoisotopic (exact) mass is 228 g/mol. The molecule has 1 atom stereocenters. The zero-order valence-electron chi connectivity index (χ0n) is 9.71. The van der Waals surface area contributed by atoms with Gasteiger partial charge in [-0.15, -0.1) is 11.3 Å². The van der Waals surface area contributed by atoms with Crippen LogP contribution in [0, 0.1) is 6.92 Å². The van der Waals surface area contributed by atoms with Gasteiger partial charge in [-0.3, -0.25) is 0 Å². The molecular formula is C11H20N2OS. The highest BCUT2D eigenvalue weighted by atomic mass is 32.1. The van der Waals surface area contributed by atoms with Crippen LogP contribution in [-0.2, 0) is 6.54 Å². The van der Waals surface area contributed by atoms with E-state index in [1.165, 1.54) is 4.88 Å². The molecule has 0 saturated carbocycles.